The first-order valence-electron chi connectivity index (χ1n) is 7.38. The zero-order valence-electron chi connectivity index (χ0n) is 11.2. The van der Waals surface area contributed by atoms with Crippen molar-refractivity contribution in [3.8, 4) is 0 Å². The van der Waals surface area contributed by atoms with Crippen LogP contribution in [0.15, 0.2) is 0 Å². The van der Waals surface area contributed by atoms with E-state index in [9.17, 15) is 13.6 Å². The molecule has 1 aliphatic heterocycles. The summed E-state index contributed by atoms with van der Waals surface area (Å²) in [6, 6.07) is 0.221. The van der Waals surface area contributed by atoms with E-state index in [1.54, 1.807) is 0 Å². The molecule has 3 aliphatic rings. The van der Waals surface area contributed by atoms with Gasteiger partial charge < -0.3 is 10.6 Å². The molecule has 0 aromatic heterocycles. The third kappa shape index (κ3) is 2.49. The summed E-state index contributed by atoms with van der Waals surface area (Å²) in [5, 5.41) is 0. The third-order valence-corrected chi connectivity index (χ3v) is 5.29. The van der Waals surface area contributed by atoms with Gasteiger partial charge in [-0.3, -0.25) is 4.79 Å². The summed E-state index contributed by atoms with van der Waals surface area (Å²) in [5.41, 5.74) is 6.06. The zero-order chi connectivity index (χ0) is 13.6. The maximum Gasteiger partial charge on any atom is 0.248 e. The quantitative estimate of drug-likeness (QED) is 0.793. The van der Waals surface area contributed by atoms with Gasteiger partial charge in [0.05, 0.1) is 0 Å². The molecule has 1 amide bonds. The molecule has 2 saturated carbocycles. The minimum absolute atomic E-state index is 0.0945. The molecule has 19 heavy (non-hydrogen) atoms. The first-order valence-corrected chi connectivity index (χ1v) is 7.38. The lowest BCUT2D eigenvalue weighted by Crippen LogP contribution is -2.39. The molecule has 0 aromatic carbocycles. The first-order chi connectivity index (χ1) is 8.96. The van der Waals surface area contributed by atoms with Crippen LogP contribution in [0.1, 0.15) is 38.5 Å². The summed E-state index contributed by atoms with van der Waals surface area (Å²) in [4.78, 5) is 14.3. The number of hydrogen-bond acceptors (Lipinski definition) is 2. The van der Waals surface area contributed by atoms with Crippen LogP contribution < -0.4 is 5.73 Å². The highest BCUT2D eigenvalue weighted by atomic mass is 19.3. The fourth-order valence-corrected chi connectivity index (χ4v) is 4.03. The minimum atomic E-state index is -2.55. The molecule has 2 aliphatic carbocycles. The van der Waals surface area contributed by atoms with Crippen molar-refractivity contribution in [3.05, 3.63) is 0 Å². The molecule has 3 atom stereocenters. The Labute approximate surface area is 112 Å². The van der Waals surface area contributed by atoms with Gasteiger partial charge in [0, 0.05) is 37.9 Å². The monoisotopic (exact) mass is 272 g/mol. The lowest BCUT2D eigenvalue weighted by atomic mass is 9.86. The summed E-state index contributed by atoms with van der Waals surface area (Å²) in [6.07, 6.45) is 2.58. The van der Waals surface area contributed by atoms with Gasteiger partial charge >= 0.3 is 0 Å². The highest BCUT2D eigenvalue weighted by Gasteiger charge is 2.45. The second-order valence-electron chi connectivity index (χ2n) is 6.54. The van der Waals surface area contributed by atoms with Gasteiger partial charge in [0.15, 0.2) is 0 Å². The standard InChI is InChI=1S/C14H22F2N2O/c15-14(16)5-3-9(4-6-14)13(19)18-7-10-1-2-12(17)11(10)8-18/h9-12H,1-8,17H2/t10-,11-,12-/m1/s1. The third-order valence-electron chi connectivity index (χ3n) is 5.29. The van der Waals surface area contributed by atoms with Crippen LogP contribution in [-0.2, 0) is 4.79 Å². The van der Waals surface area contributed by atoms with E-state index in [1.165, 1.54) is 0 Å². The maximum absolute atomic E-state index is 13.1. The van der Waals surface area contributed by atoms with Gasteiger partial charge in [0.1, 0.15) is 0 Å². The van der Waals surface area contributed by atoms with E-state index < -0.39 is 5.92 Å². The van der Waals surface area contributed by atoms with Crippen molar-refractivity contribution in [2.75, 3.05) is 13.1 Å². The molecule has 3 fully saturated rings. The van der Waals surface area contributed by atoms with E-state index in [1.807, 2.05) is 4.90 Å². The second kappa shape index (κ2) is 4.69. The molecule has 108 valence electrons. The van der Waals surface area contributed by atoms with Gasteiger partial charge in [-0.15, -0.1) is 0 Å². The fraction of sp³-hybridized carbons (Fsp3) is 0.929. The molecule has 0 bridgehead atoms. The van der Waals surface area contributed by atoms with Gasteiger partial charge in [0.25, 0.3) is 0 Å². The van der Waals surface area contributed by atoms with E-state index in [0.29, 0.717) is 24.7 Å². The molecule has 0 radical (unpaired) electrons. The highest BCUT2D eigenvalue weighted by molar-refractivity contribution is 5.79. The van der Waals surface area contributed by atoms with Crippen LogP contribution in [0.25, 0.3) is 0 Å². The molecule has 0 spiro atoms. The lowest BCUT2D eigenvalue weighted by Gasteiger charge is -2.30. The van der Waals surface area contributed by atoms with Crippen molar-refractivity contribution in [1.82, 2.24) is 4.90 Å². The number of fused-ring (bicyclic) bond motifs is 1. The van der Waals surface area contributed by atoms with Crippen LogP contribution >= 0.6 is 0 Å². The molecule has 0 unspecified atom stereocenters. The van der Waals surface area contributed by atoms with Crippen molar-refractivity contribution in [2.24, 2.45) is 23.5 Å². The number of hydrogen-bond donors (Lipinski definition) is 1. The average molecular weight is 272 g/mol. The number of nitrogens with zero attached hydrogens (tertiary/aromatic N) is 1. The number of halogens is 2. The van der Waals surface area contributed by atoms with Crippen LogP contribution in [0.2, 0.25) is 0 Å². The molecular weight excluding hydrogens is 250 g/mol. The van der Waals surface area contributed by atoms with Crippen LogP contribution in [0.5, 0.6) is 0 Å². The largest absolute Gasteiger partial charge is 0.342 e. The Morgan fingerprint density at radius 3 is 2.42 bits per heavy atom. The van der Waals surface area contributed by atoms with Gasteiger partial charge in [0.2, 0.25) is 11.8 Å². The molecule has 1 saturated heterocycles. The fourth-order valence-electron chi connectivity index (χ4n) is 4.03. The van der Waals surface area contributed by atoms with E-state index >= 15 is 0 Å². The summed E-state index contributed by atoms with van der Waals surface area (Å²) < 4.78 is 26.2. The topological polar surface area (TPSA) is 46.3 Å². The van der Waals surface area contributed by atoms with Gasteiger partial charge in [-0.25, -0.2) is 8.78 Å². The number of carbonyl (C=O) groups is 1. The highest BCUT2D eigenvalue weighted by Crippen LogP contribution is 2.40. The number of amides is 1. The van der Waals surface area contributed by atoms with Gasteiger partial charge in [-0.1, -0.05) is 0 Å². The van der Waals surface area contributed by atoms with E-state index in [0.717, 1.165) is 25.9 Å². The first kappa shape index (κ1) is 13.3. The summed E-state index contributed by atoms with van der Waals surface area (Å²) in [5.74, 6) is -1.66. The smallest absolute Gasteiger partial charge is 0.248 e. The Morgan fingerprint density at radius 2 is 1.79 bits per heavy atom. The predicted octanol–water partition coefficient (Wildman–Crippen LogP) is 2.01. The molecule has 1 heterocycles. The van der Waals surface area contributed by atoms with Crippen molar-refractivity contribution >= 4 is 5.91 Å². The Hall–Kier alpha value is -0.710. The summed E-state index contributed by atoms with van der Waals surface area (Å²) >= 11 is 0. The SMILES string of the molecule is N[C@@H]1CC[C@@H]2CN(C(=O)C3CCC(F)(F)CC3)C[C@H]21. The number of rotatable bonds is 1. The molecule has 2 N–H and O–H groups in total. The van der Waals surface area contributed by atoms with Crippen molar-refractivity contribution < 1.29 is 13.6 Å². The van der Waals surface area contributed by atoms with E-state index in [2.05, 4.69) is 0 Å². The van der Waals surface area contributed by atoms with Gasteiger partial charge in [-0.05, 0) is 37.5 Å². The molecular formula is C14H22F2N2O. The minimum Gasteiger partial charge on any atom is -0.342 e. The number of carbonyl (C=O) groups excluding carboxylic acids is 1. The number of likely N-dealkylation sites (tertiary alicyclic amines) is 1. The van der Waals surface area contributed by atoms with Gasteiger partial charge in [-0.2, -0.15) is 0 Å². The predicted molar refractivity (Wildman–Crippen MR) is 67.7 cm³/mol. The average Bonchev–Trinajstić information content (AvgIpc) is 2.91. The number of alkyl halides is 2. The second-order valence-corrected chi connectivity index (χ2v) is 6.54. The van der Waals surface area contributed by atoms with Crippen LogP contribution in [0.3, 0.4) is 0 Å². The molecule has 3 nitrogen and oxygen atoms in total. The van der Waals surface area contributed by atoms with Crippen molar-refractivity contribution in [1.29, 1.82) is 0 Å². The van der Waals surface area contributed by atoms with Crippen LogP contribution in [0.4, 0.5) is 8.78 Å². The van der Waals surface area contributed by atoms with E-state index in [-0.39, 0.29) is 30.7 Å². The van der Waals surface area contributed by atoms with E-state index in [4.69, 9.17) is 5.73 Å². The lowest BCUT2D eigenvalue weighted by molar-refractivity contribution is -0.138. The Bertz CT molecular complexity index is 364. The summed E-state index contributed by atoms with van der Waals surface area (Å²) in [6.45, 7) is 1.54. The summed E-state index contributed by atoms with van der Waals surface area (Å²) in [7, 11) is 0. The van der Waals surface area contributed by atoms with Crippen LogP contribution in [-0.4, -0.2) is 35.9 Å². The molecule has 3 rings (SSSR count). The normalized spacial score (nSPS) is 38.5. The number of nitrogens with two attached hydrogens (primary N) is 1. The Balaban J connectivity index is 1.57. The molecule has 0 aromatic rings. The Morgan fingerprint density at radius 1 is 1.11 bits per heavy atom. The van der Waals surface area contributed by atoms with Crippen LogP contribution in [0, 0.1) is 17.8 Å². The Kier molecular flexibility index (Phi) is 3.28. The zero-order valence-corrected chi connectivity index (χ0v) is 11.2. The van der Waals surface area contributed by atoms with Crippen molar-refractivity contribution in [2.45, 2.75) is 50.5 Å². The maximum atomic E-state index is 13.1. The van der Waals surface area contributed by atoms with Crippen molar-refractivity contribution in [3.63, 3.8) is 0 Å². The molecule has 5 heteroatoms.